The number of pyridine rings is 1. The van der Waals surface area contributed by atoms with E-state index < -0.39 is 0 Å². The fourth-order valence-corrected chi connectivity index (χ4v) is 1.85. The maximum Gasteiger partial charge on any atom is 0.251 e. The zero-order valence-corrected chi connectivity index (χ0v) is 10.5. The molecule has 1 heterocycles. The highest BCUT2D eigenvalue weighted by molar-refractivity contribution is 5.80. The highest BCUT2D eigenvalue weighted by Gasteiger charge is 2.18. The molecule has 0 amide bonds. The number of aromatic amines is 1. The summed E-state index contributed by atoms with van der Waals surface area (Å²) in [6.45, 7) is 6.65. The quantitative estimate of drug-likeness (QED) is 0.829. The van der Waals surface area contributed by atoms with E-state index in [2.05, 4.69) is 24.9 Å². The first-order valence-electron chi connectivity index (χ1n) is 5.78. The van der Waals surface area contributed by atoms with Crippen molar-refractivity contribution in [2.75, 3.05) is 6.54 Å². The van der Waals surface area contributed by atoms with Crippen LogP contribution < -0.4 is 11.3 Å². The van der Waals surface area contributed by atoms with E-state index in [0.717, 1.165) is 16.5 Å². The normalized spacial score (nSPS) is 12.0. The van der Waals surface area contributed by atoms with Gasteiger partial charge < -0.3 is 10.7 Å². The molecule has 0 radical (unpaired) electrons. The van der Waals surface area contributed by atoms with E-state index in [1.165, 1.54) is 5.56 Å². The molecule has 0 unspecified atom stereocenters. The molecule has 90 valence electrons. The maximum atomic E-state index is 11.5. The summed E-state index contributed by atoms with van der Waals surface area (Å²) < 4.78 is 0. The Balaban J connectivity index is 2.66. The molecule has 0 saturated carbocycles. The van der Waals surface area contributed by atoms with Gasteiger partial charge in [-0.15, -0.1) is 0 Å². The third-order valence-electron chi connectivity index (χ3n) is 3.32. The molecule has 3 nitrogen and oxygen atoms in total. The molecular formula is C14H18N2O. The second kappa shape index (κ2) is 4.00. The standard InChI is InChI=1S/C14H18N2O/c1-9-6-10-7-11(14(2,3)8-15)4-5-12(10)16-13(9)17/h4-7H,8,15H2,1-3H3,(H,16,17). The van der Waals surface area contributed by atoms with Crippen LogP contribution in [0.3, 0.4) is 0 Å². The van der Waals surface area contributed by atoms with Gasteiger partial charge in [0.25, 0.3) is 5.56 Å². The number of nitrogens with two attached hydrogens (primary N) is 1. The summed E-state index contributed by atoms with van der Waals surface area (Å²) in [4.78, 5) is 14.4. The van der Waals surface area contributed by atoms with Crippen molar-refractivity contribution in [3.05, 3.63) is 45.7 Å². The fraction of sp³-hybridized carbons (Fsp3) is 0.357. The fourth-order valence-electron chi connectivity index (χ4n) is 1.85. The molecule has 0 aliphatic carbocycles. The maximum absolute atomic E-state index is 11.5. The zero-order valence-electron chi connectivity index (χ0n) is 10.5. The van der Waals surface area contributed by atoms with Gasteiger partial charge in [0.15, 0.2) is 0 Å². The Morgan fingerprint density at radius 2 is 2.00 bits per heavy atom. The Bertz CT molecular complexity index is 611. The topological polar surface area (TPSA) is 58.9 Å². The van der Waals surface area contributed by atoms with Gasteiger partial charge in [-0.1, -0.05) is 19.9 Å². The minimum Gasteiger partial charge on any atom is -0.330 e. The average molecular weight is 230 g/mol. The van der Waals surface area contributed by atoms with E-state index in [0.29, 0.717) is 6.54 Å². The van der Waals surface area contributed by atoms with Gasteiger partial charge in [-0.3, -0.25) is 4.79 Å². The third kappa shape index (κ3) is 2.11. The lowest BCUT2D eigenvalue weighted by molar-refractivity contribution is 0.540. The van der Waals surface area contributed by atoms with Crippen molar-refractivity contribution in [3.63, 3.8) is 0 Å². The van der Waals surface area contributed by atoms with E-state index in [4.69, 9.17) is 5.73 Å². The summed E-state index contributed by atoms with van der Waals surface area (Å²) in [5, 5.41) is 1.06. The molecule has 0 aliphatic heterocycles. The number of hydrogen-bond acceptors (Lipinski definition) is 2. The number of rotatable bonds is 2. The van der Waals surface area contributed by atoms with Crippen molar-refractivity contribution in [3.8, 4) is 0 Å². The summed E-state index contributed by atoms with van der Waals surface area (Å²) in [5.41, 5.74) is 8.51. The molecular weight excluding hydrogens is 212 g/mol. The minimum absolute atomic E-state index is 0.0247. The van der Waals surface area contributed by atoms with Gasteiger partial charge >= 0.3 is 0 Å². The number of H-pyrrole nitrogens is 1. The molecule has 0 saturated heterocycles. The van der Waals surface area contributed by atoms with Gasteiger partial charge in [0.2, 0.25) is 0 Å². The SMILES string of the molecule is Cc1cc2cc(C(C)(C)CN)ccc2[nH]c1=O. The Labute approximate surface area is 101 Å². The number of benzene rings is 1. The molecule has 0 fully saturated rings. The monoisotopic (exact) mass is 230 g/mol. The summed E-state index contributed by atoms with van der Waals surface area (Å²) in [6.07, 6.45) is 0. The molecule has 3 N–H and O–H groups in total. The van der Waals surface area contributed by atoms with Crippen LogP contribution in [0.1, 0.15) is 25.0 Å². The lowest BCUT2D eigenvalue weighted by Gasteiger charge is -2.23. The van der Waals surface area contributed by atoms with E-state index >= 15 is 0 Å². The van der Waals surface area contributed by atoms with Crippen LogP contribution >= 0.6 is 0 Å². The Hall–Kier alpha value is -1.61. The van der Waals surface area contributed by atoms with Gasteiger partial charge in [0.1, 0.15) is 0 Å². The van der Waals surface area contributed by atoms with Crippen molar-refractivity contribution in [2.45, 2.75) is 26.2 Å². The molecule has 3 heteroatoms. The van der Waals surface area contributed by atoms with Crippen molar-refractivity contribution < 1.29 is 0 Å². The highest BCUT2D eigenvalue weighted by atomic mass is 16.1. The molecule has 0 bridgehead atoms. The molecule has 0 spiro atoms. The van der Waals surface area contributed by atoms with Gasteiger partial charge in [-0.25, -0.2) is 0 Å². The molecule has 2 aromatic rings. The van der Waals surface area contributed by atoms with Crippen LogP contribution in [0.4, 0.5) is 0 Å². The van der Waals surface area contributed by atoms with Crippen LogP contribution in [0.5, 0.6) is 0 Å². The Morgan fingerprint density at radius 3 is 2.65 bits per heavy atom. The number of nitrogens with one attached hydrogen (secondary N) is 1. The summed E-state index contributed by atoms with van der Waals surface area (Å²) >= 11 is 0. The van der Waals surface area contributed by atoms with Crippen LogP contribution in [-0.2, 0) is 5.41 Å². The molecule has 0 atom stereocenters. The van der Waals surface area contributed by atoms with Gasteiger partial charge in [-0.05, 0) is 36.1 Å². The first kappa shape index (κ1) is 11.9. The number of aromatic nitrogens is 1. The van der Waals surface area contributed by atoms with Crippen LogP contribution in [-0.4, -0.2) is 11.5 Å². The predicted molar refractivity (Wildman–Crippen MR) is 71.4 cm³/mol. The summed E-state index contributed by atoms with van der Waals surface area (Å²) in [5.74, 6) is 0. The van der Waals surface area contributed by atoms with Crippen LogP contribution in [0.2, 0.25) is 0 Å². The Kier molecular flexibility index (Phi) is 2.79. The molecule has 2 rings (SSSR count). The van der Waals surface area contributed by atoms with Gasteiger partial charge in [0, 0.05) is 23.0 Å². The highest BCUT2D eigenvalue weighted by Crippen LogP contribution is 2.24. The lowest BCUT2D eigenvalue weighted by Crippen LogP contribution is -2.28. The van der Waals surface area contributed by atoms with Crippen LogP contribution in [0.25, 0.3) is 10.9 Å². The minimum atomic E-state index is -0.0434. The largest absolute Gasteiger partial charge is 0.330 e. The summed E-state index contributed by atoms with van der Waals surface area (Å²) in [7, 11) is 0. The van der Waals surface area contributed by atoms with Crippen LogP contribution in [0.15, 0.2) is 29.1 Å². The predicted octanol–water partition coefficient (Wildman–Crippen LogP) is 2.07. The lowest BCUT2D eigenvalue weighted by atomic mass is 9.84. The Morgan fingerprint density at radius 1 is 1.29 bits per heavy atom. The van der Waals surface area contributed by atoms with E-state index in [-0.39, 0.29) is 11.0 Å². The van der Waals surface area contributed by atoms with Crippen molar-refractivity contribution in [1.29, 1.82) is 0 Å². The van der Waals surface area contributed by atoms with E-state index in [1.54, 1.807) is 0 Å². The van der Waals surface area contributed by atoms with Crippen molar-refractivity contribution in [1.82, 2.24) is 4.98 Å². The smallest absolute Gasteiger partial charge is 0.251 e. The average Bonchev–Trinajstić information content (AvgIpc) is 2.30. The van der Waals surface area contributed by atoms with Crippen molar-refractivity contribution >= 4 is 10.9 Å². The first-order valence-corrected chi connectivity index (χ1v) is 5.78. The number of aryl methyl sites for hydroxylation is 1. The second-order valence-electron chi connectivity index (χ2n) is 5.17. The molecule has 0 aliphatic rings. The molecule has 1 aromatic carbocycles. The van der Waals surface area contributed by atoms with E-state index in [1.807, 2.05) is 25.1 Å². The molecule has 17 heavy (non-hydrogen) atoms. The van der Waals surface area contributed by atoms with Gasteiger partial charge in [0.05, 0.1) is 0 Å². The zero-order chi connectivity index (χ0) is 12.6. The van der Waals surface area contributed by atoms with E-state index in [9.17, 15) is 4.79 Å². The van der Waals surface area contributed by atoms with Crippen molar-refractivity contribution in [2.24, 2.45) is 5.73 Å². The van der Waals surface area contributed by atoms with Gasteiger partial charge in [-0.2, -0.15) is 0 Å². The second-order valence-corrected chi connectivity index (χ2v) is 5.17. The summed E-state index contributed by atoms with van der Waals surface area (Å²) in [6, 6.07) is 8.00. The molecule has 1 aromatic heterocycles. The van der Waals surface area contributed by atoms with Crippen LogP contribution in [0, 0.1) is 6.92 Å². The first-order chi connectivity index (χ1) is 7.94. The number of hydrogen-bond donors (Lipinski definition) is 2. The third-order valence-corrected chi connectivity index (χ3v) is 3.32. The number of fused-ring (bicyclic) bond motifs is 1.